The third-order valence-corrected chi connectivity index (χ3v) is 8.34. The maximum absolute atomic E-state index is 3.70. The first-order valence-corrected chi connectivity index (χ1v) is 15.2. The minimum Gasteiger partial charge on any atom is -0.247 e. The molecule has 1 aromatic heterocycles. The Morgan fingerprint density at radius 3 is 1.84 bits per heavy atom. The molecule has 0 radical (unpaired) electrons. The Kier molecular flexibility index (Phi) is 12.5. The summed E-state index contributed by atoms with van der Waals surface area (Å²) in [6.07, 6.45) is 21.9. The Balaban J connectivity index is 1.71. The summed E-state index contributed by atoms with van der Waals surface area (Å²) in [6.45, 7) is 9.40. The first-order valence-electron chi connectivity index (χ1n) is 15.2. The summed E-state index contributed by atoms with van der Waals surface area (Å²) < 4.78 is 2.47. The van der Waals surface area contributed by atoms with E-state index in [4.69, 9.17) is 0 Å². The minimum absolute atomic E-state index is 0.00258. The van der Waals surface area contributed by atoms with Gasteiger partial charge in [0.15, 0.2) is 0 Å². The molecule has 0 saturated heterocycles. The van der Waals surface area contributed by atoms with Gasteiger partial charge in [-0.2, -0.15) is 0 Å². The van der Waals surface area contributed by atoms with Crippen molar-refractivity contribution in [3.63, 3.8) is 0 Å². The van der Waals surface area contributed by atoms with Gasteiger partial charge in [0.2, 0.25) is 0 Å². The molecule has 2 atom stereocenters. The van der Waals surface area contributed by atoms with Gasteiger partial charge in [0.25, 0.3) is 5.82 Å². The fourth-order valence-electron chi connectivity index (χ4n) is 6.12. The van der Waals surface area contributed by atoms with Crippen LogP contribution in [0.1, 0.15) is 134 Å². The summed E-state index contributed by atoms with van der Waals surface area (Å²) >= 11 is 0. The largest absolute Gasteiger partial charge is 0.258 e. The van der Waals surface area contributed by atoms with Crippen molar-refractivity contribution < 1.29 is 4.57 Å². The smallest absolute Gasteiger partial charge is 0.247 e. The zero-order chi connectivity index (χ0) is 26.3. The summed E-state index contributed by atoms with van der Waals surface area (Å²) in [5.41, 5.74) is 2.86. The van der Waals surface area contributed by atoms with E-state index in [9.17, 15) is 0 Å². The normalized spacial score (nSPS) is 14.1. The Bertz CT molecular complexity index is 975. The van der Waals surface area contributed by atoms with Crippen molar-refractivity contribution in [3.8, 4) is 0 Å². The predicted molar refractivity (Wildman–Crippen MR) is 159 cm³/mol. The van der Waals surface area contributed by atoms with Gasteiger partial charge in [-0.05, 0) is 37.8 Å². The monoisotopic (exact) mass is 501 g/mol. The minimum atomic E-state index is 0.00258. The molecule has 202 valence electrons. The van der Waals surface area contributed by atoms with Crippen molar-refractivity contribution in [1.82, 2.24) is 4.98 Å². The van der Waals surface area contributed by atoms with Gasteiger partial charge in [0, 0.05) is 5.41 Å². The first-order chi connectivity index (χ1) is 18.1. The molecule has 1 heterocycles. The van der Waals surface area contributed by atoms with Crippen LogP contribution < -0.4 is 4.57 Å². The van der Waals surface area contributed by atoms with Crippen LogP contribution in [-0.2, 0) is 11.8 Å². The van der Waals surface area contributed by atoms with Crippen LogP contribution in [0.2, 0.25) is 0 Å². The zero-order valence-corrected chi connectivity index (χ0v) is 24.2. The second-order valence-electron chi connectivity index (χ2n) is 11.7. The highest BCUT2D eigenvalue weighted by Gasteiger charge is 2.42. The summed E-state index contributed by atoms with van der Waals surface area (Å²) in [7, 11) is 0. The Morgan fingerprint density at radius 2 is 1.27 bits per heavy atom. The van der Waals surface area contributed by atoms with Crippen molar-refractivity contribution in [2.75, 3.05) is 0 Å². The number of hydrogen-bond donors (Lipinski definition) is 1. The fraction of sp³-hybridized carbons (Fsp3) is 0.571. The molecule has 0 fully saturated rings. The van der Waals surface area contributed by atoms with E-state index in [1.54, 1.807) is 0 Å². The van der Waals surface area contributed by atoms with Crippen LogP contribution in [-0.4, -0.2) is 4.98 Å². The quantitative estimate of drug-likeness (QED) is 0.132. The zero-order valence-electron chi connectivity index (χ0n) is 24.2. The summed E-state index contributed by atoms with van der Waals surface area (Å²) in [5, 5.41) is 0. The maximum atomic E-state index is 3.70. The van der Waals surface area contributed by atoms with Crippen LogP contribution >= 0.6 is 0 Å². The standard InChI is InChI=1S/C35H52N2/c1-5-6-7-8-9-10-11-12-13-14-21-26-33(34-36-27-28-37(34)30(2)3)35(4,32-24-19-16-20-25-32)29-31-22-17-15-18-23-31/h15-20,22-25,27-28,30,33H,5-14,21,26,29H2,1-4H3/p+1. The van der Waals surface area contributed by atoms with Crippen molar-refractivity contribution in [1.29, 1.82) is 0 Å². The van der Waals surface area contributed by atoms with E-state index in [1.165, 1.54) is 94.0 Å². The molecule has 0 aliphatic rings. The number of nitrogens with one attached hydrogen (secondary N) is 1. The highest BCUT2D eigenvalue weighted by atomic mass is 15.1. The molecule has 2 aromatic carbocycles. The average Bonchev–Trinajstić information content (AvgIpc) is 3.40. The van der Waals surface area contributed by atoms with Gasteiger partial charge in [-0.15, -0.1) is 0 Å². The van der Waals surface area contributed by atoms with E-state index in [0.717, 1.165) is 6.42 Å². The topological polar surface area (TPSA) is 19.7 Å². The van der Waals surface area contributed by atoms with E-state index < -0.39 is 0 Å². The highest BCUT2D eigenvalue weighted by molar-refractivity contribution is 5.32. The molecule has 2 unspecified atom stereocenters. The molecule has 1 N–H and O–H groups in total. The first kappa shape index (κ1) is 29.2. The van der Waals surface area contributed by atoms with Crippen molar-refractivity contribution in [3.05, 3.63) is 90.0 Å². The van der Waals surface area contributed by atoms with Crippen LogP contribution in [0.5, 0.6) is 0 Å². The lowest BCUT2D eigenvalue weighted by atomic mass is 9.66. The van der Waals surface area contributed by atoms with Gasteiger partial charge in [0.05, 0.1) is 12.0 Å². The van der Waals surface area contributed by atoms with E-state index in [2.05, 4.69) is 110 Å². The molecule has 0 amide bonds. The molecule has 2 heteroatoms. The molecule has 3 rings (SSSR count). The van der Waals surface area contributed by atoms with Crippen LogP contribution in [0, 0.1) is 0 Å². The van der Waals surface area contributed by atoms with Gasteiger partial charge in [-0.25, -0.2) is 9.55 Å². The van der Waals surface area contributed by atoms with Gasteiger partial charge in [-0.1, -0.05) is 145 Å². The van der Waals surface area contributed by atoms with Gasteiger partial charge < -0.3 is 0 Å². The van der Waals surface area contributed by atoms with E-state index in [-0.39, 0.29) is 5.41 Å². The average molecular weight is 502 g/mol. The van der Waals surface area contributed by atoms with Crippen LogP contribution in [0.3, 0.4) is 0 Å². The summed E-state index contributed by atoms with van der Waals surface area (Å²) in [4.78, 5) is 3.70. The highest BCUT2D eigenvalue weighted by Crippen LogP contribution is 2.43. The number of rotatable bonds is 18. The fourth-order valence-corrected chi connectivity index (χ4v) is 6.12. The lowest BCUT2D eigenvalue weighted by Gasteiger charge is -2.37. The number of benzene rings is 2. The molecule has 0 aliphatic heterocycles. The Hall–Kier alpha value is -2.35. The van der Waals surface area contributed by atoms with Gasteiger partial charge >= 0.3 is 0 Å². The molecule has 2 nitrogen and oxygen atoms in total. The van der Waals surface area contributed by atoms with E-state index in [0.29, 0.717) is 12.0 Å². The van der Waals surface area contributed by atoms with Crippen molar-refractivity contribution >= 4 is 0 Å². The van der Waals surface area contributed by atoms with Crippen LogP contribution in [0.25, 0.3) is 0 Å². The Labute approximate surface area is 227 Å². The lowest BCUT2D eigenvalue weighted by molar-refractivity contribution is -0.723. The SMILES string of the molecule is CCCCCCCCCCCCCC(c1[nH]cc[n+]1C(C)C)C(C)(Cc1ccccc1)c1ccccc1. The third kappa shape index (κ3) is 8.87. The second kappa shape index (κ2) is 15.8. The summed E-state index contributed by atoms with van der Waals surface area (Å²) in [6, 6.07) is 22.8. The molecule has 0 spiro atoms. The van der Waals surface area contributed by atoms with Crippen molar-refractivity contribution in [2.24, 2.45) is 0 Å². The van der Waals surface area contributed by atoms with E-state index in [1.807, 2.05) is 0 Å². The van der Waals surface area contributed by atoms with Crippen LogP contribution in [0.4, 0.5) is 0 Å². The van der Waals surface area contributed by atoms with E-state index >= 15 is 0 Å². The van der Waals surface area contributed by atoms with Gasteiger partial charge in [-0.3, -0.25) is 0 Å². The Morgan fingerprint density at radius 1 is 0.730 bits per heavy atom. The number of nitrogens with zero attached hydrogens (tertiary/aromatic N) is 1. The maximum Gasteiger partial charge on any atom is 0.258 e. The van der Waals surface area contributed by atoms with Crippen molar-refractivity contribution in [2.45, 2.75) is 129 Å². The number of aromatic nitrogens is 2. The second-order valence-corrected chi connectivity index (χ2v) is 11.7. The molecular weight excluding hydrogens is 448 g/mol. The van der Waals surface area contributed by atoms with Gasteiger partial charge in [0.1, 0.15) is 12.4 Å². The number of hydrogen-bond acceptors (Lipinski definition) is 0. The summed E-state index contributed by atoms with van der Waals surface area (Å²) in [5.74, 6) is 1.80. The molecule has 0 bridgehead atoms. The molecule has 0 saturated carbocycles. The third-order valence-electron chi connectivity index (χ3n) is 8.34. The van der Waals surface area contributed by atoms with Crippen LogP contribution in [0.15, 0.2) is 73.1 Å². The predicted octanol–water partition coefficient (Wildman–Crippen LogP) is 9.87. The number of H-pyrrole nitrogens is 1. The molecule has 0 aliphatic carbocycles. The number of imidazole rings is 1. The molecule has 3 aromatic rings. The number of aromatic amines is 1. The number of unbranched alkanes of at least 4 members (excludes halogenated alkanes) is 10. The molecular formula is C35H53N2+. The lowest BCUT2D eigenvalue weighted by Crippen LogP contribution is -2.45. The molecule has 37 heavy (non-hydrogen) atoms.